The molecule has 0 radical (unpaired) electrons. The van der Waals surface area contributed by atoms with Gasteiger partial charge in [-0.3, -0.25) is 9.78 Å². The molecule has 3 aromatic heterocycles. The Morgan fingerprint density at radius 3 is 2.84 bits per heavy atom. The van der Waals surface area contributed by atoms with Gasteiger partial charge in [0.1, 0.15) is 0 Å². The monoisotopic (exact) mass is 351 g/mol. The fourth-order valence-electron chi connectivity index (χ4n) is 3.66. The van der Waals surface area contributed by atoms with Crippen molar-refractivity contribution >= 4 is 17.2 Å². The Morgan fingerprint density at radius 2 is 2.12 bits per heavy atom. The van der Waals surface area contributed by atoms with Crippen LogP contribution in [0.25, 0.3) is 0 Å². The summed E-state index contributed by atoms with van der Waals surface area (Å²) in [6.07, 6.45) is 10.3. The normalized spacial score (nSPS) is 18.4. The summed E-state index contributed by atoms with van der Waals surface area (Å²) in [6.45, 7) is 0.835. The zero-order valence-corrected chi connectivity index (χ0v) is 14.8. The third kappa shape index (κ3) is 3.37. The third-order valence-electron chi connectivity index (χ3n) is 4.87. The van der Waals surface area contributed by atoms with Crippen LogP contribution in [0.4, 0.5) is 0 Å². The molecule has 5 heteroatoms. The number of hydrogen-bond donors (Lipinski definition) is 0. The smallest absolute Gasteiger partial charge is 0.225 e. The molecule has 4 rings (SSSR count). The lowest BCUT2D eigenvalue weighted by Crippen LogP contribution is -2.32. The topological polar surface area (TPSA) is 38.1 Å². The molecule has 3 aromatic rings. The molecule has 1 amide bonds. The van der Waals surface area contributed by atoms with E-state index in [1.807, 2.05) is 41.7 Å². The van der Waals surface area contributed by atoms with Crippen molar-refractivity contribution in [3.8, 4) is 0 Å². The first-order valence-electron chi connectivity index (χ1n) is 8.68. The van der Waals surface area contributed by atoms with Gasteiger partial charge in [0.25, 0.3) is 0 Å². The van der Waals surface area contributed by atoms with Gasteiger partial charge in [0, 0.05) is 36.2 Å². The fraction of sp³-hybridized carbons (Fsp3) is 0.300. The molecule has 1 fully saturated rings. The largest absolute Gasteiger partial charge is 0.346 e. The van der Waals surface area contributed by atoms with Crippen molar-refractivity contribution in [1.82, 2.24) is 14.5 Å². The Morgan fingerprint density at radius 1 is 1.24 bits per heavy atom. The molecule has 0 spiro atoms. The molecule has 4 nitrogen and oxygen atoms in total. The van der Waals surface area contributed by atoms with Crippen molar-refractivity contribution in [2.45, 2.75) is 31.3 Å². The number of amides is 1. The van der Waals surface area contributed by atoms with E-state index >= 15 is 0 Å². The first-order chi connectivity index (χ1) is 12.3. The minimum atomic E-state index is 0.0673. The van der Waals surface area contributed by atoms with Crippen LogP contribution < -0.4 is 0 Å². The van der Waals surface area contributed by atoms with Crippen LogP contribution in [-0.4, -0.2) is 26.9 Å². The quantitative estimate of drug-likeness (QED) is 0.688. The summed E-state index contributed by atoms with van der Waals surface area (Å²) in [5, 5.41) is 2.07. The van der Waals surface area contributed by atoms with E-state index in [2.05, 4.69) is 33.1 Å². The number of rotatable bonds is 5. The van der Waals surface area contributed by atoms with E-state index in [1.165, 1.54) is 4.88 Å². The second-order valence-electron chi connectivity index (χ2n) is 6.40. The summed E-state index contributed by atoms with van der Waals surface area (Å²) in [5.74, 6) is 0.221. The Hall–Kier alpha value is -2.40. The molecule has 2 atom stereocenters. The highest BCUT2D eigenvalue weighted by molar-refractivity contribution is 7.10. The Balaban J connectivity index is 1.55. The molecule has 0 N–H and O–H groups in total. The van der Waals surface area contributed by atoms with E-state index in [0.29, 0.717) is 6.42 Å². The molecule has 1 saturated heterocycles. The molecule has 0 bridgehead atoms. The van der Waals surface area contributed by atoms with Gasteiger partial charge in [-0.1, -0.05) is 12.1 Å². The van der Waals surface area contributed by atoms with Crippen molar-refractivity contribution in [1.29, 1.82) is 0 Å². The SMILES string of the molecule is O=C(CC(c1cccs1)n1cccc1)N1CCCC1c1cccnc1. The maximum absolute atomic E-state index is 13.1. The Kier molecular flexibility index (Phi) is 4.65. The fourth-order valence-corrected chi connectivity index (χ4v) is 4.49. The van der Waals surface area contributed by atoms with Gasteiger partial charge in [0.2, 0.25) is 5.91 Å². The lowest BCUT2D eigenvalue weighted by Gasteiger charge is -2.27. The Bertz CT molecular complexity index is 765. The number of carbonyl (C=O) groups is 1. The summed E-state index contributed by atoms with van der Waals surface area (Å²) < 4.78 is 2.14. The van der Waals surface area contributed by atoms with E-state index < -0.39 is 0 Å². The van der Waals surface area contributed by atoms with Gasteiger partial charge in [-0.05, 0) is 48.1 Å². The lowest BCUT2D eigenvalue weighted by atomic mass is 10.1. The molecule has 0 saturated carbocycles. The van der Waals surface area contributed by atoms with Crippen molar-refractivity contribution in [2.75, 3.05) is 6.54 Å². The van der Waals surface area contributed by atoms with Crippen LogP contribution in [-0.2, 0) is 4.79 Å². The average molecular weight is 351 g/mol. The van der Waals surface area contributed by atoms with Crippen LogP contribution in [0.3, 0.4) is 0 Å². The highest BCUT2D eigenvalue weighted by atomic mass is 32.1. The maximum Gasteiger partial charge on any atom is 0.225 e. The zero-order valence-electron chi connectivity index (χ0n) is 14.0. The zero-order chi connectivity index (χ0) is 17.1. The highest BCUT2D eigenvalue weighted by Crippen LogP contribution is 2.34. The molecule has 0 aromatic carbocycles. The van der Waals surface area contributed by atoms with Gasteiger partial charge < -0.3 is 9.47 Å². The minimum absolute atomic E-state index is 0.0673. The van der Waals surface area contributed by atoms with Gasteiger partial charge >= 0.3 is 0 Å². The Labute approximate surface area is 151 Å². The summed E-state index contributed by atoms with van der Waals surface area (Å²) >= 11 is 1.71. The number of carbonyl (C=O) groups excluding carboxylic acids is 1. The summed E-state index contributed by atoms with van der Waals surface area (Å²) in [7, 11) is 0. The van der Waals surface area contributed by atoms with E-state index in [1.54, 1.807) is 17.5 Å². The molecular weight excluding hydrogens is 330 g/mol. The maximum atomic E-state index is 13.1. The van der Waals surface area contributed by atoms with Gasteiger partial charge in [-0.15, -0.1) is 11.3 Å². The first-order valence-corrected chi connectivity index (χ1v) is 9.56. The summed E-state index contributed by atoms with van der Waals surface area (Å²) in [4.78, 5) is 20.6. The predicted molar refractivity (Wildman–Crippen MR) is 99.4 cm³/mol. The molecule has 25 heavy (non-hydrogen) atoms. The highest BCUT2D eigenvalue weighted by Gasteiger charge is 2.31. The van der Waals surface area contributed by atoms with Crippen LogP contribution in [0.1, 0.15) is 41.8 Å². The molecule has 2 unspecified atom stereocenters. The number of thiophene rings is 1. The lowest BCUT2D eigenvalue weighted by molar-refractivity contribution is -0.132. The standard InChI is InChI=1S/C20H21N3OS/c24-20(23-12-4-7-17(23)16-6-3-9-21-15-16)14-18(19-8-5-13-25-19)22-10-1-2-11-22/h1-3,5-6,8-11,13,15,17-18H,4,7,12,14H2. The van der Waals surface area contributed by atoms with Crippen molar-refractivity contribution in [3.63, 3.8) is 0 Å². The molecule has 1 aliphatic heterocycles. The number of hydrogen-bond acceptors (Lipinski definition) is 3. The molecule has 1 aliphatic rings. The van der Waals surface area contributed by atoms with Crippen molar-refractivity contribution < 1.29 is 4.79 Å². The number of nitrogens with zero attached hydrogens (tertiary/aromatic N) is 3. The van der Waals surface area contributed by atoms with Gasteiger partial charge in [0.05, 0.1) is 18.5 Å². The molecule has 4 heterocycles. The van der Waals surface area contributed by atoms with Crippen LogP contribution in [0.15, 0.2) is 66.6 Å². The predicted octanol–water partition coefficient (Wildman–Crippen LogP) is 4.29. The second kappa shape index (κ2) is 7.23. The van der Waals surface area contributed by atoms with Crippen molar-refractivity contribution in [3.05, 3.63) is 77.0 Å². The molecular formula is C20H21N3OS. The van der Waals surface area contributed by atoms with Crippen LogP contribution in [0.2, 0.25) is 0 Å². The summed E-state index contributed by atoms with van der Waals surface area (Å²) in [6, 6.07) is 12.4. The van der Waals surface area contributed by atoms with E-state index in [4.69, 9.17) is 0 Å². The summed E-state index contributed by atoms with van der Waals surface area (Å²) in [5.41, 5.74) is 1.14. The van der Waals surface area contributed by atoms with Gasteiger partial charge in [-0.25, -0.2) is 0 Å². The number of pyridine rings is 1. The first kappa shape index (κ1) is 16.1. The number of aromatic nitrogens is 2. The van der Waals surface area contributed by atoms with Crippen LogP contribution >= 0.6 is 11.3 Å². The van der Waals surface area contributed by atoms with Crippen LogP contribution in [0.5, 0.6) is 0 Å². The average Bonchev–Trinajstić information content (AvgIpc) is 3.43. The van der Waals surface area contributed by atoms with Crippen LogP contribution in [0, 0.1) is 0 Å². The van der Waals surface area contributed by atoms with Gasteiger partial charge in [0.15, 0.2) is 0 Å². The van der Waals surface area contributed by atoms with Crippen molar-refractivity contribution in [2.24, 2.45) is 0 Å². The van der Waals surface area contributed by atoms with Gasteiger partial charge in [-0.2, -0.15) is 0 Å². The van der Waals surface area contributed by atoms with E-state index in [-0.39, 0.29) is 18.0 Å². The minimum Gasteiger partial charge on any atom is -0.346 e. The van der Waals surface area contributed by atoms with E-state index in [9.17, 15) is 4.79 Å². The van der Waals surface area contributed by atoms with E-state index in [0.717, 1.165) is 24.9 Å². The third-order valence-corrected chi connectivity index (χ3v) is 5.84. The number of likely N-dealkylation sites (tertiary alicyclic amines) is 1. The molecule has 128 valence electrons. The molecule has 0 aliphatic carbocycles. The second-order valence-corrected chi connectivity index (χ2v) is 7.38.